The maximum atomic E-state index is 11.9. The van der Waals surface area contributed by atoms with Gasteiger partial charge in [0, 0.05) is 20.7 Å². The zero-order valence-electron chi connectivity index (χ0n) is 10.7. The van der Waals surface area contributed by atoms with Gasteiger partial charge in [-0.1, -0.05) is 20.8 Å². The molecule has 0 aliphatic carbocycles. The van der Waals surface area contributed by atoms with Crippen LogP contribution in [-0.4, -0.2) is 57.0 Å². The van der Waals surface area contributed by atoms with Gasteiger partial charge in [-0.3, -0.25) is 0 Å². The fourth-order valence-electron chi connectivity index (χ4n) is 1.31. The van der Waals surface area contributed by atoms with E-state index in [1.54, 1.807) is 0 Å². The van der Waals surface area contributed by atoms with Gasteiger partial charge in [0.05, 0.1) is 18.5 Å². The van der Waals surface area contributed by atoms with Crippen LogP contribution in [0.1, 0.15) is 20.8 Å². The van der Waals surface area contributed by atoms with Crippen LogP contribution in [0.5, 0.6) is 0 Å². The Balaban J connectivity index is 4.42. The van der Waals surface area contributed by atoms with E-state index >= 15 is 0 Å². The van der Waals surface area contributed by atoms with E-state index in [-0.39, 0.29) is 24.3 Å². The maximum Gasteiger partial charge on any atom is 0.214 e. The van der Waals surface area contributed by atoms with Gasteiger partial charge in [0.15, 0.2) is 0 Å². The van der Waals surface area contributed by atoms with Crippen LogP contribution in [0.2, 0.25) is 0 Å². The fraction of sp³-hybridized carbons (Fsp3) is 1.00. The summed E-state index contributed by atoms with van der Waals surface area (Å²) in [6.07, 6.45) is -0.787. The Morgan fingerprint density at radius 3 is 2.25 bits per heavy atom. The molecule has 98 valence electrons. The molecule has 0 aromatic rings. The predicted octanol–water partition coefficient (Wildman–Crippen LogP) is 0.301. The molecule has 0 aliphatic rings. The van der Waals surface area contributed by atoms with Crippen molar-refractivity contribution in [1.29, 1.82) is 0 Å². The van der Waals surface area contributed by atoms with Crippen molar-refractivity contribution in [1.82, 2.24) is 4.31 Å². The van der Waals surface area contributed by atoms with Crippen LogP contribution in [0, 0.1) is 5.41 Å². The first-order valence-corrected chi connectivity index (χ1v) is 6.80. The van der Waals surface area contributed by atoms with Crippen molar-refractivity contribution in [2.75, 3.05) is 33.1 Å². The van der Waals surface area contributed by atoms with Crippen LogP contribution in [0.15, 0.2) is 0 Å². The summed E-state index contributed by atoms with van der Waals surface area (Å²) in [5, 5.41) is 9.45. The molecule has 0 fully saturated rings. The first-order valence-electron chi connectivity index (χ1n) is 5.19. The lowest BCUT2D eigenvalue weighted by Gasteiger charge is -2.25. The van der Waals surface area contributed by atoms with Gasteiger partial charge in [-0.15, -0.1) is 0 Å². The molecule has 6 heteroatoms. The lowest BCUT2D eigenvalue weighted by molar-refractivity contribution is 0.0553. The molecule has 0 spiro atoms. The number of hydrogen-bond acceptors (Lipinski definition) is 4. The minimum absolute atomic E-state index is 0.0618. The molecule has 0 aliphatic heterocycles. The summed E-state index contributed by atoms with van der Waals surface area (Å²) in [5.74, 6) is 0.0657. The summed E-state index contributed by atoms with van der Waals surface area (Å²) in [6.45, 7) is 5.79. The summed E-state index contributed by atoms with van der Waals surface area (Å²) in [5.41, 5.74) is -0.292. The van der Waals surface area contributed by atoms with E-state index in [1.165, 1.54) is 18.5 Å². The van der Waals surface area contributed by atoms with Crippen LogP contribution in [0.3, 0.4) is 0 Å². The van der Waals surface area contributed by atoms with Crippen LogP contribution in [0.25, 0.3) is 0 Å². The van der Waals surface area contributed by atoms with Crippen LogP contribution < -0.4 is 0 Å². The third-order valence-corrected chi connectivity index (χ3v) is 4.25. The molecular weight excluding hydrogens is 230 g/mol. The molecule has 1 unspecified atom stereocenters. The van der Waals surface area contributed by atoms with Crippen molar-refractivity contribution in [3.05, 3.63) is 0 Å². The second-order valence-corrected chi connectivity index (χ2v) is 7.28. The summed E-state index contributed by atoms with van der Waals surface area (Å²) in [6, 6.07) is 0. The molecule has 0 heterocycles. The number of nitrogens with zero attached hydrogens (tertiary/aromatic N) is 1. The molecule has 0 saturated carbocycles. The lowest BCUT2D eigenvalue weighted by atomic mass is 10.0. The summed E-state index contributed by atoms with van der Waals surface area (Å²) >= 11 is 0. The monoisotopic (exact) mass is 253 g/mol. The number of methoxy groups -OCH3 is 1. The number of rotatable bonds is 6. The zero-order valence-corrected chi connectivity index (χ0v) is 11.5. The zero-order chi connectivity index (χ0) is 13.0. The lowest BCUT2D eigenvalue weighted by Crippen LogP contribution is -2.39. The van der Waals surface area contributed by atoms with Gasteiger partial charge < -0.3 is 9.84 Å². The van der Waals surface area contributed by atoms with E-state index in [1.807, 2.05) is 20.8 Å². The number of likely N-dealkylation sites (N-methyl/N-ethyl adjacent to an activating group) is 1. The predicted molar refractivity (Wildman–Crippen MR) is 63.8 cm³/mol. The molecule has 0 radical (unpaired) electrons. The van der Waals surface area contributed by atoms with Crippen molar-refractivity contribution in [3.8, 4) is 0 Å². The first-order chi connectivity index (χ1) is 7.08. The molecular formula is C10H23NO4S. The van der Waals surface area contributed by atoms with Crippen molar-refractivity contribution in [3.63, 3.8) is 0 Å². The minimum atomic E-state index is -3.31. The largest absolute Gasteiger partial charge is 0.389 e. The van der Waals surface area contributed by atoms with E-state index in [9.17, 15) is 13.5 Å². The van der Waals surface area contributed by atoms with E-state index in [0.29, 0.717) is 0 Å². The van der Waals surface area contributed by atoms with E-state index in [0.717, 1.165) is 0 Å². The number of aliphatic hydroxyl groups excluding tert-OH is 1. The molecule has 0 amide bonds. The van der Waals surface area contributed by atoms with Crippen molar-refractivity contribution < 1.29 is 18.3 Å². The molecule has 0 bridgehead atoms. The average molecular weight is 253 g/mol. The molecule has 16 heavy (non-hydrogen) atoms. The third-order valence-electron chi connectivity index (χ3n) is 1.92. The third kappa shape index (κ3) is 6.42. The normalized spacial score (nSPS) is 15.4. The van der Waals surface area contributed by atoms with Crippen molar-refractivity contribution >= 4 is 10.0 Å². The Hall–Kier alpha value is -0.170. The van der Waals surface area contributed by atoms with Gasteiger partial charge in [-0.05, 0) is 5.41 Å². The standard InChI is InChI=1S/C10H23NO4S/c1-10(2,3)8-16(13,14)11(4)6-9(12)7-15-5/h9,12H,6-8H2,1-5H3. The van der Waals surface area contributed by atoms with Gasteiger partial charge in [0.1, 0.15) is 0 Å². The summed E-state index contributed by atoms with van der Waals surface area (Å²) < 4.78 is 29.6. The molecule has 0 aromatic heterocycles. The molecule has 5 nitrogen and oxygen atoms in total. The fourth-order valence-corrected chi connectivity index (χ4v) is 3.03. The molecule has 1 N–H and O–H groups in total. The highest BCUT2D eigenvalue weighted by Crippen LogP contribution is 2.18. The van der Waals surface area contributed by atoms with Gasteiger partial charge in [0.2, 0.25) is 10.0 Å². The highest BCUT2D eigenvalue weighted by Gasteiger charge is 2.26. The van der Waals surface area contributed by atoms with Gasteiger partial charge >= 0.3 is 0 Å². The highest BCUT2D eigenvalue weighted by molar-refractivity contribution is 7.89. The number of sulfonamides is 1. The topological polar surface area (TPSA) is 66.8 Å². The Morgan fingerprint density at radius 2 is 1.88 bits per heavy atom. The van der Waals surface area contributed by atoms with Crippen molar-refractivity contribution in [2.24, 2.45) is 5.41 Å². The number of aliphatic hydroxyl groups is 1. The summed E-state index contributed by atoms with van der Waals surface area (Å²) in [7, 11) is -0.376. The number of ether oxygens (including phenoxy) is 1. The summed E-state index contributed by atoms with van der Waals surface area (Å²) in [4.78, 5) is 0. The second-order valence-electron chi connectivity index (χ2n) is 5.21. The molecule has 1 atom stereocenters. The first kappa shape index (κ1) is 15.8. The Kier molecular flexibility index (Phi) is 5.89. The SMILES string of the molecule is COCC(O)CN(C)S(=O)(=O)CC(C)(C)C. The van der Waals surface area contributed by atoms with Gasteiger partial charge in [-0.25, -0.2) is 12.7 Å². The molecule has 0 aromatic carbocycles. The Labute approximate surface area is 98.5 Å². The minimum Gasteiger partial charge on any atom is -0.389 e. The Morgan fingerprint density at radius 1 is 1.38 bits per heavy atom. The highest BCUT2D eigenvalue weighted by atomic mass is 32.2. The number of hydrogen-bond donors (Lipinski definition) is 1. The van der Waals surface area contributed by atoms with Gasteiger partial charge in [0.25, 0.3) is 0 Å². The second kappa shape index (κ2) is 5.95. The molecule has 0 saturated heterocycles. The smallest absolute Gasteiger partial charge is 0.214 e. The van der Waals surface area contributed by atoms with Crippen molar-refractivity contribution in [2.45, 2.75) is 26.9 Å². The Bertz CT molecular complexity index is 294. The van der Waals surface area contributed by atoms with E-state index in [2.05, 4.69) is 0 Å². The van der Waals surface area contributed by atoms with E-state index < -0.39 is 16.1 Å². The van der Waals surface area contributed by atoms with Gasteiger partial charge in [-0.2, -0.15) is 0 Å². The van der Waals surface area contributed by atoms with Crippen LogP contribution >= 0.6 is 0 Å². The quantitative estimate of drug-likeness (QED) is 0.739. The van der Waals surface area contributed by atoms with Crippen LogP contribution in [0.4, 0.5) is 0 Å². The maximum absolute atomic E-state index is 11.9. The van der Waals surface area contributed by atoms with Crippen LogP contribution in [-0.2, 0) is 14.8 Å². The van der Waals surface area contributed by atoms with E-state index in [4.69, 9.17) is 4.74 Å². The average Bonchev–Trinajstić information content (AvgIpc) is 1.99. The molecule has 0 rings (SSSR count).